The van der Waals surface area contributed by atoms with E-state index in [-0.39, 0.29) is 17.2 Å². The number of aryl methyl sites for hydroxylation is 1. The van der Waals surface area contributed by atoms with E-state index in [0.717, 1.165) is 19.3 Å². The molecule has 2 aromatic rings. The Kier molecular flexibility index (Phi) is 7.20. The molecule has 0 aliphatic carbocycles. The molecule has 0 spiro atoms. The number of amides is 2. The van der Waals surface area contributed by atoms with Crippen LogP contribution in [0.15, 0.2) is 29.1 Å². The molecule has 0 radical (unpaired) electrons. The maximum absolute atomic E-state index is 12.7. The fourth-order valence-electron chi connectivity index (χ4n) is 4.16. The molecule has 1 saturated heterocycles. The van der Waals surface area contributed by atoms with Crippen molar-refractivity contribution >= 4 is 22.6 Å². The Labute approximate surface area is 176 Å². The summed E-state index contributed by atoms with van der Waals surface area (Å²) in [6.07, 6.45) is 4.54. The van der Waals surface area contributed by atoms with Gasteiger partial charge in [0.15, 0.2) is 5.69 Å². The summed E-state index contributed by atoms with van der Waals surface area (Å²) < 4.78 is 1.30. The summed E-state index contributed by atoms with van der Waals surface area (Å²) in [5.74, 6) is -0.788. The highest BCUT2D eigenvalue weighted by molar-refractivity contribution is 6.05. The fraction of sp³-hybridized carbons (Fsp3) is 0.545. The van der Waals surface area contributed by atoms with Crippen molar-refractivity contribution in [2.24, 2.45) is 0 Å². The highest BCUT2D eigenvalue weighted by Crippen LogP contribution is 2.22. The molecule has 2 heterocycles. The number of carbonyl (C=O) groups excluding carboxylic acids is 2. The molecule has 0 unspecified atom stereocenters. The molecule has 0 saturated carbocycles. The summed E-state index contributed by atoms with van der Waals surface area (Å²) >= 11 is 0. The van der Waals surface area contributed by atoms with E-state index >= 15 is 0 Å². The minimum Gasteiger partial charge on any atom is -0.297 e. The van der Waals surface area contributed by atoms with Gasteiger partial charge in [0.25, 0.3) is 11.5 Å². The van der Waals surface area contributed by atoms with Gasteiger partial charge in [0.2, 0.25) is 5.91 Å². The molecule has 1 aliphatic heterocycles. The Hall–Kier alpha value is -2.74. The number of nitrogens with zero attached hydrogens (tertiary/aromatic N) is 3. The second-order valence-electron chi connectivity index (χ2n) is 8.04. The van der Waals surface area contributed by atoms with Gasteiger partial charge < -0.3 is 0 Å². The fourth-order valence-corrected chi connectivity index (χ4v) is 4.16. The summed E-state index contributed by atoms with van der Waals surface area (Å²) in [4.78, 5) is 39.9. The zero-order chi connectivity index (χ0) is 21.7. The number of hydrazine groups is 1. The lowest BCUT2D eigenvalue weighted by Crippen LogP contribution is -2.47. The van der Waals surface area contributed by atoms with Gasteiger partial charge in [0.05, 0.1) is 5.39 Å². The third-order valence-electron chi connectivity index (χ3n) is 5.81. The van der Waals surface area contributed by atoms with Gasteiger partial charge in [-0.1, -0.05) is 31.5 Å². The van der Waals surface area contributed by atoms with Crippen LogP contribution in [0.3, 0.4) is 0 Å². The lowest BCUT2D eigenvalue weighted by atomic mass is 9.97. The normalized spacial score (nSPS) is 19.6. The molecule has 2 atom stereocenters. The maximum atomic E-state index is 12.7. The van der Waals surface area contributed by atoms with Crippen LogP contribution < -0.4 is 16.4 Å². The number of carbonyl (C=O) groups is 2. The number of piperidine rings is 1. The van der Waals surface area contributed by atoms with Crippen molar-refractivity contribution in [1.82, 2.24) is 25.5 Å². The Morgan fingerprint density at radius 1 is 1.07 bits per heavy atom. The largest absolute Gasteiger partial charge is 0.297 e. The molecule has 8 nitrogen and oxygen atoms in total. The lowest BCUT2D eigenvalue weighted by molar-refractivity contribution is -0.122. The molecule has 1 fully saturated rings. The van der Waals surface area contributed by atoms with Gasteiger partial charge in [-0.25, -0.2) is 4.68 Å². The second kappa shape index (κ2) is 9.84. The van der Waals surface area contributed by atoms with Gasteiger partial charge in [0.1, 0.15) is 0 Å². The first kappa shape index (κ1) is 22.0. The Balaban J connectivity index is 1.66. The van der Waals surface area contributed by atoms with Crippen molar-refractivity contribution in [2.45, 2.75) is 71.5 Å². The van der Waals surface area contributed by atoms with Gasteiger partial charge in [-0.2, -0.15) is 5.10 Å². The smallest absolute Gasteiger partial charge is 0.290 e. The van der Waals surface area contributed by atoms with Crippen molar-refractivity contribution in [1.29, 1.82) is 0 Å². The molecular formula is C22H31N5O3. The minimum absolute atomic E-state index is 0.122. The predicted octanol–water partition coefficient (Wildman–Crippen LogP) is 2.22. The zero-order valence-corrected chi connectivity index (χ0v) is 18.0. The summed E-state index contributed by atoms with van der Waals surface area (Å²) in [6, 6.07) is 7.81. The summed E-state index contributed by atoms with van der Waals surface area (Å²) in [6.45, 7) is 7.40. The molecule has 1 aromatic carbocycles. The third kappa shape index (κ3) is 4.87. The lowest BCUT2D eigenvalue weighted by Gasteiger charge is -2.38. The SMILES string of the molecule is CCCn1nc(C(=O)NNC(=O)CCN2[C@@H](C)CCC[C@@H]2C)c2ccccc2c1=O. The number of aromatic nitrogens is 2. The van der Waals surface area contributed by atoms with E-state index in [9.17, 15) is 14.4 Å². The molecule has 2 N–H and O–H groups in total. The number of benzene rings is 1. The molecule has 1 aliphatic rings. The van der Waals surface area contributed by atoms with E-state index in [1.165, 1.54) is 11.1 Å². The monoisotopic (exact) mass is 413 g/mol. The van der Waals surface area contributed by atoms with Crippen LogP contribution in [0, 0.1) is 0 Å². The summed E-state index contributed by atoms with van der Waals surface area (Å²) in [5.41, 5.74) is 4.84. The molecule has 162 valence electrons. The molecule has 3 rings (SSSR count). The number of hydrogen-bond acceptors (Lipinski definition) is 5. The third-order valence-corrected chi connectivity index (χ3v) is 5.81. The van der Waals surface area contributed by atoms with Gasteiger partial charge >= 0.3 is 0 Å². The average molecular weight is 414 g/mol. The van der Waals surface area contributed by atoms with E-state index in [4.69, 9.17) is 0 Å². The Morgan fingerprint density at radius 3 is 2.40 bits per heavy atom. The van der Waals surface area contributed by atoms with Crippen LogP contribution in [-0.2, 0) is 11.3 Å². The topological polar surface area (TPSA) is 96.3 Å². The molecule has 2 amide bonds. The molecular weight excluding hydrogens is 382 g/mol. The van der Waals surface area contributed by atoms with Gasteiger partial charge in [-0.3, -0.25) is 30.1 Å². The van der Waals surface area contributed by atoms with Crippen molar-refractivity contribution < 1.29 is 9.59 Å². The molecule has 0 bridgehead atoms. The van der Waals surface area contributed by atoms with Crippen LogP contribution in [-0.4, -0.2) is 45.1 Å². The van der Waals surface area contributed by atoms with Crippen LogP contribution in [0.25, 0.3) is 10.8 Å². The number of likely N-dealkylation sites (tertiary alicyclic amines) is 1. The van der Waals surface area contributed by atoms with Crippen molar-refractivity contribution in [3.63, 3.8) is 0 Å². The van der Waals surface area contributed by atoms with Crippen LogP contribution in [0.1, 0.15) is 63.4 Å². The van der Waals surface area contributed by atoms with E-state index < -0.39 is 5.91 Å². The standard InChI is InChI=1S/C22H31N5O3/c1-4-13-27-22(30)18-11-6-5-10-17(18)20(25-27)21(29)24-23-19(28)12-14-26-15(2)8-7-9-16(26)3/h5-6,10-11,15-16H,4,7-9,12-14H2,1-3H3,(H,23,28)(H,24,29)/t15-,16-/m0/s1. The highest BCUT2D eigenvalue weighted by atomic mass is 16.2. The first-order valence-electron chi connectivity index (χ1n) is 10.8. The van der Waals surface area contributed by atoms with Crippen LogP contribution in [0.5, 0.6) is 0 Å². The highest BCUT2D eigenvalue weighted by Gasteiger charge is 2.25. The summed E-state index contributed by atoms with van der Waals surface area (Å²) in [7, 11) is 0. The molecule has 8 heteroatoms. The quantitative estimate of drug-likeness (QED) is 0.708. The van der Waals surface area contributed by atoms with E-state index in [1.807, 2.05) is 6.92 Å². The van der Waals surface area contributed by atoms with Crippen molar-refractivity contribution in [3.8, 4) is 0 Å². The van der Waals surface area contributed by atoms with E-state index in [0.29, 0.717) is 42.4 Å². The first-order chi connectivity index (χ1) is 14.4. The minimum atomic E-state index is -0.538. The number of fused-ring (bicyclic) bond motifs is 1. The van der Waals surface area contributed by atoms with Crippen molar-refractivity contribution in [2.75, 3.05) is 6.54 Å². The van der Waals surface area contributed by atoms with Crippen LogP contribution >= 0.6 is 0 Å². The van der Waals surface area contributed by atoms with Crippen LogP contribution in [0.2, 0.25) is 0 Å². The average Bonchev–Trinajstić information content (AvgIpc) is 2.74. The first-order valence-corrected chi connectivity index (χ1v) is 10.8. The summed E-state index contributed by atoms with van der Waals surface area (Å²) in [5, 5.41) is 5.15. The second-order valence-corrected chi connectivity index (χ2v) is 8.04. The van der Waals surface area contributed by atoms with E-state index in [1.54, 1.807) is 24.3 Å². The maximum Gasteiger partial charge on any atom is 0.290 e. The molecule has 30 heavy (non-hydrogen) atoms. The zero-order valence-electron chi connectivity index (χ0n) is 18.0. The van der Waals surface area contributed by atoms with Crippen molar-refractivity contribution in [3.05, 3.63) is 40.3 Å². The van der Waals surface area contributed by atoms with Gasteiger partial charge in [-0.15, -0.1) is 0 Å². The number of hydrogen-bond donors (Lipinski definition) is 2. The van der Waals surface area contributed by atoms with E-state index in [2.05, 4.69) is 34.7 Å². The predicted molar refractivity (Wildman–Crippen MR) is 116 cm³/mol. The Bertz CT molecular complexity index is 961. The Morgan fingerprint density at radius 2 is 1.73 bits per heavy atom. The number of nitrogens with one attached hydrogen (secondary N) is 2. The van der Waals surface area contributed by atoms with Gasteiger partial charge in [-0.05, 0) is 39.2 Å². The number of rotatable bonds is 6. The molecule has 1 aromatic heterocycles. The van der Waals surface area contributed by atoms with Gasteiger partial charge in [0, 0.05) is 37.0 Å². The van der Waals surface area contributed by atoms with Crippen LogP contribution in [0.4, 0.5) is 0 Å².